The second-order valence-corrected chi connectivity index (χ2v) is 5.40. The van der Waals surface area contributed by atoms with E-state index in [1.54, 1.807) is 22.6 Å². The Balaban J connectivity index is 1.73. The molecule has 20 heavy (non-hydrogen) atoms. The highest BCUT2D eigenvalue weighted by molar-refractivity contribution is 7.98. The average Bonchev–Trinajstić information content (AvgIpc) is 2.87. The molecule has 0 bridgehead atoms. The number of hydrogen-bond donors (Lipinski definition) is 2. The predicted octanol–water partition coefficient (Wildman–Crippen LogP) is 1.40. The number of aromatic nitrogens is 3. The molecule has 1 aliphatic heterocycles. The third-order valence-corrected chi connectivity index (χ3v) is 4.03. The van der Waals surface area contributed by atoms with Gasteiger partial charge in [0, 0.05) is 18.0 Å². The Morgan fingerprint density at radius 2 is 2.25 bits per heavy atom. The molecule has 1 aromatic carbocycles. The lowest BCUT2D eigenvalue weighted by Crippen LogP contribution is -2.43. The molecule has 0 spiro atoms. The topological polar surface area (TPSA) is 71.8 Å². The second-order valence-electron chi connectivity index (χ2n) is 4.55. The summed E-state index contributed by atoms with van der Waals surface area (Å²) in [5.74, 6) is -0.231. The van der Waals surface area contributed by atoms with E-state index in [0.29, 0.717) is 11.7 Å². The second kappa shape index (κ2) is 5.64. The quantitative estimate of drug-likeness (QED) is 0.832. The molecule has 0 unspecified atom stereocenters. The Labute approximate surface area is 120 Å². The van der Waals surface area contributed by atoms with Crippen molar-refractivity contribution in [2.75, 3.05) is 24.7 Å². The third-order valence-electron chi connectivity index (χ3n) is 3.23. The monoisotopic (exact) mass is 289 g/mol. The van der Waals surface area contributed by atoms with E-state index in [2.05, 4.69) is 20.9 Å². The van der Waals surface area contributed by atoms with Gasteiger partial charge < -0.3 is 10.6 Å². The Hall–Kier alpha value is -1.86. The van der Waals surface area contributed by atoms with E-state index in [4.69, 9.17) is 0 Å². The summed E-state index contributed by atoms with van der Waals surface area (Å²) in [5.41, 5.74) is 1.14. The lowest BCUT2D eigenvalue weighted by Gasteiger charge is -2.26. The summed E-state index contributed by atoms with van der Waals surface area (Å²) in [7, 11) is 0. The van der Waals surface area contributed by atoms with Crippen molar-refractivity contribution in [3.8, 4) is 0 Å². The van der Waals surface area contributed by atoms with E-state index < -0.39 is 0 Å². The molecule has 1 fully saturated rings. The van der Waals surface area contributed by atoms with Crippen LogP contribution in [0.2, 0.25) is 0 Å². The molecule has 104 valence electrons. The lowest BCUT2D eigenvalue weighted by atomic mass is 10.2. The number of para-hydroxylation sites is 1. The standard InChI is InChI=1S/C13H15N5OS/c1-20-12-5-3-2-4-10(12)15-13(19)11-8-18(17-16-11)9-6-14-7-9/h2-5,8-9,14H,6-7H2,1H3,(H,15,19). The number of carbonyl (C=O) groups is 1. The van der Waals surface area contributed by atoms with Gasteiger partial charge in [-0.1, -0.05) is 17.3 Å². The molecule has 0 aliphatic carbocycles. The molecule has 0 atom stereocenters. The van der Waals surface area contributed by atoms with E-state index >= 15 is 0 Å². The van der Waals surface area contributed by atoms with E-state index in [1.165, 1.54) is 0 Å². The van der Waals surface area contributed by atoms with Gasteiger partial charge in [-0.15, -0.1) is 16.9 Å². The van der Waals surface area contributed by atoms with Gasteiger partial charge in [-0.05, 0) is 18.4 Å². The van der Waals surface area contributed by atoms with Crippen LogP contribution in [0, 0.1) is 0 Å². The van der Waals surface area contributed by atoms with Crippen LogP contribution in [0.4, 0.5) is 5.69 Å². The zero-order chi connectivity index (χ0) is 13.9. The fraction of sp³-hybridized carbons (Fsp3) is 0.308. The van der Waals surface area contributed by atoms with Gasteiger partial charge in [0.05, 0.1) is 17.9 Å². The van der Waals surface area contributed by atoms with Crippen molar-refractivity contribution < 1.29 is 4.79 Å². The number of hydrogen-bond acceptors (Lipinski definition) is 5. The first kappa shape index (κ1) is 13.1. The number of rotatable bonds is 4. The highest BCUT2D eigenvalue weighted by atomic mass is 32.2. The minimum absolute atomic E-state index is 0.231. The number of carbonyl (C=O) groups excluding carboxylic acids is 1. The van der Waals surface area contributed by atoms with Crippen molar-refractivity contribution in [2.24, 2.45) is 0 Å². The van der Waals surface area contributed by atoms with Gasteiger partial charge in [0.1, 0.15) is 0 Å². The van der Waals surface area contributed by atoms with Gasteiger partial charge in [0.2, 0.25) is 0 Å². The number of anilines is 1. The highest BCUT2D eigenvalue weighted by Gasteiger charge is 2.21. The summed E-state index contributed by atoms with van der Waals surface area (Å²) >= 11 is 1.59. The van der Waals surface area contributed by atoms with Gasteiger partial charge in [0.25, 0.3) is 5.91 Å². The number of nitrogens with zero attached hydrogens (tertiary/aromatic N) is 3. The smallest absolute Gasteiger partial charge is 0.277 e. The number of nitrogens with one attached hydrogen (secondary N) is 2. The first-order valence-corrected chi connectivity index (χ1v) is 7.57. The van der Waals surface area contributed by atoms with Crippen LogP contribution in [0.5, 0.6) is 0 Å². The zero-order valence-corrected chi connectivity index (χ0v) is 11.9. The summed E-state index contributed by atoms with van der Waals surface area (Å²) in [4.78, 5) is 13.2. The van der Waals surface area contributed by atoms with Crippen LogP contribution in [0.15, 0.2) is 35.4 Å². The van der Waals surface area contributed by atoms with Gasteiger partial charge in [-0.2, -0.15) is 0 Å². The fourth-order valence-electron chi connectivity index (χ4n) is 1.95. The minimum atomic E-state index is -0.231. The van der Waals surface area contributed by atoms with Gasteiger partial charge in [0.15, 0.2) is 5.69 Å². The summed E-state index contributed by atoms with van der Waals surface area (Å²) in [6, 6.07) is 8.00. The number of amides is 1. The summed E-state index contributed by atoms with van der Waals surface area (Å²) in [5, 5.41) is 14.0. The van der Waals surface area contributed by atoms with Crippen molar-refractivity contribution >= 4 is 23.4 Å². The van der Waals surface area contributed by atoms with Crippen molar-refractivity contribution in [1.82, 2.24) is 20.3 Å². The fourth-order valence-corrected chi connectivity index (χ4v) is 2.51. The van der Waals surface area contributed by atoms with Gasteiger partial charge in [-0.3, -0.25) is 4.79 Å². The van der Waals surface area contributed by atoms with Crippen LogP contribution < -0.4 is 10.6 Å². The molecule has 1 aromatic heterocycles. The first-order chi connectivity index (χ1) is 9.78. The van der Waals surface area contributed by atoms with Gasteiger partial charge in [-0.25, -0.2) is 4.68 Å². The maximum atomic E-state index is 12.2. The normalized spacial score (nSPS) is 14.8. The van der Waals surface area contributed by atoms with Crippen molar-refractivity contribution in [3.63, 3.8) is 0 Å². The zero-order valence-electron chi connectivity index (χ0n) is 11.0. The van der Waals surface area contributed by atoms with Crippen molar-refractivity contribution in [2.45, 2.75) is 10.9 Å². The molecular weight excluding hydrogens is 274 g/mol. The third kappa shape index (κ3) is 2.54. The Bertz CT molecular complexity index is 623. The van der Waals surface area contributed by atoms with Crippen LogP contribution in [0.3, 0.4) is 0 Å². The lowest BCUT2D eigenvalue weighted by molar-refractivity contribution is 0.102. The molecule has 0 saturated carbocycles. The molecule has 0 radical (unpaired) electrons. The maximum absolute atomic E-state index is 12.2. The molecule has 2 N–H and O–H groups in total. The Morgan fingerprint density at radius 1 is 1.45 bits per heavy atom. The predicted molar refractivity (Wildman–Crippen MR) is 78.1 cm³/mol. The summed E-state index contributed by atoms with van der Waals surface area (Å²) < 4.78 is 1.74. The molecule has 2 aromatic rings. The van der Waals surface area contributed by atoms with E-state index in [0.717, 1.165) is 23.7 Å². The molecule has 6 nitrogen and oxygen atoms in total. The average molecular weight is 289 g/mol. The first-order valence-electron chi connectivity index (χ1n) is 6.35. The molecule has 7 heteroatoms. The van der Waals surface area contributed by atoms with Crippen LogP contribution in [-0.4, -0.2) is 40.2 Å². The summed E-state index contributed by atoms with van der Waals surface area (Å²) in [6.07, 6.45) is 3.67. The molecule has 1 amide bonds. The maximum Gasteiger partial charge on any atom is 0.277 e. The highest BCUT2D eigenvalue weighted by Crippen LogP contribution is 2.24. The van der Waals surface area contributed by atoms with Crippen LogP contribution >= 0.6 is 11.8 Å². The van der Waals surface area contributed by atoms with Crippen LogP contribution in [0.1, 0.15) is 16.5 Å². The van der Waals surface area contributed by atoms with Crippen LogP contribution in [0.25, 0.3) is 0 Å². The molecule has 1 saturated heterocycles. The molecule has 3 rings (SSSR count). The van der Waals surface area contributed by atoms with E-state index in [1.807, 2.05) is 30.5 Å². The van der Waals surface area contributed by atoms with Crippen molar-refractivity contribution in [1.29, 1.82) is 0 Å². The Morgan fingerprint density at radius 3 is 2.95 bits per heavy atom. The molecular formula is C13H15N5OS. The largest absolute Gasteiger partial charge is 0.320 e. The van der Waals surface area contributed by atoms with Crippen molar-refractivity contribution in [3.05, 3.63) is 36.2 Å². The van der Waals surface area contributed by atoms with E-state index in [-0.39, 0.29) is 5.91 Å². The minimum Gasteiger partial charge on any atom is -0.320 e. The SMILES string of the molecule is CSc1ccccc1NC(=O)c1cn(C2CNC2)nn1. The summed E-state index contributed by atoms with van der Waals surface area (Å²) in [6.45, 7) is 1.75. The number of thioether (sulfide) groups is 1. The Kier molecular flexibility index (Phi) is 3.70. The number of benzene rings is 1. The molecule has 1 aliphatic rings. The van der Waals surface area contributed by atoms with E-state index in [9.17, 15) is 4.79 Å². The van der Waals surface area contributed by atoms with Gasteiger partial charge >= 0.3 is 0 Å². The molecule has 2 heterocycles. The van der Waals surface area contributed by atoms with Crippen LogP contribution in [-0.2, 0) is 0 Å².